The topological polar surface area (TPSA) is 55.1 Å². The van der Waals surface area contributed by atoms with Crippen molar-refractivity contribution in [2.45, 2.75) is 45.1 Å². The lowest BCUT2D eigenvalue weighted by Crippen LogP contribution is -2.34. The fraction of sp³-hybridized carbons (Fsp3) is 0.500. The van der Waals surface area contributed by atoms with E-state index in [1.54, 1.807) is 0 Å². The van der Waals surface area contributed by atoms with E-state index in [1.165, 1.54) is 19.3 Å². The van der Waals surface area contributed by atoms with E-state index in [-0.39, 0.29) is 5.91 Å². The van der Waals surface area contributed by atoms with E-state index in [0.29, 0.717) is 18.2 Å². The lowest BCUT2D eigenvalue weighted by atomic mass is 10.0. The number of rotatable bonds is 2. The van der Waals surface area contributed by atoms with Crippen LogP contribution in [-0.2, 0) is 0 Å². The SMILES string of the molecule is CC1CCCC(NC(=O)c2ccc(C#CCN)cc2)CC1. The minimum absolute atomic E-state index is 0.0212. The van der Waals surface area contributed by atoms with Gasteiger partial charge in [0, 0.05) is 17.2 Å². The first-order valence-corrected chi connectivity index (χ1v) is 7.79. The average Bonchev–Trinajstić information content (AvgIpc) is 2.70. The molecular weight excluding hydrogens is 260 g/mol. The van der Waals surface area contributed by atoms with Gasteiger partial charge in [0.2, 0.25) is 0 Å². The van der Waals surface area contributed by atoms with Gasteiger partial charge in [-0.25, -0.2) is 0 Å². The van der Waals surface area contributed by atoms with E-state index in [0.717, 1.165) is 24.3 Å². The summed E-state index contributed by atoms with van der Waals surface area (Å²) < 4.78 is 0. The first-order chi connectivity index (χ1) is 10.2. The second-order valence-corrected chi connectivity index (χ2v) is 5.87. The number of carbonyl (C=O) groups is 1. The summed E-state index contributed by atoms with van der Waals surface area (Å²) in [4.78, 5) is 12.3. The second-order valence-electron chi connectivity index (χ2n) is 5.87. The quantitative estimate of drug-likeness (QED) is 0.648. The number of nitrogens with two attached hydrogens (primary N) is 1. The summed E-state index contributed by atoms with van der Waals surface area (Å²) in [5, 5.41) is 3.16. The summed E-state index contributed by atoms with van der Waals surface area (Å²) in [7, 11) is 0. The number of benzene rings is 1. The number of carbonyl (C=O) groups excluding carboxylic acids is 1. The summed E-state index contributed by atoms with van der Waals surface area (Å²) >= 11 is 0. The normalized spacial score (nSPS) is 21.8. The summed E-state index contributed by atoms with van der Waals surface area (Å²) in [6.45, 7) is 2.65. The number of amides is 1. The smallest absolute Gasteiger partial charge is 0.251 e. The summed E-state index contributed by atoms with van der Waals surface area (Å²) in [6, 6.07) is 7.71. The van der Waals surface area contributed by atoms with Crippen LogP contribution in [0.25, 0.3) is 0 Å². The third-order valence-electron chi connectivity index (χ3n) is 4.07. The van der Waals surface area contributed by atoms with Crippen LogP contribution in [0.4, 0.5) is 0 Å². The van der Waals surface area contributed by atoms with Gasteiger partial charge in [0.25, 0.3) is 5.91 Å². The van der Waals surface area contributed by atoms with Crippen molar-refractivity contribution < 1.29 is 4.79 Å². The third-order valence-corrected chi connectivity index (χ3v) is 4.07. The van der Waals surface area contributed by atoms with Gasteiger partial charge in [-0.15, -0.1) is 0 Å². The van der Waals surface area contributed by atoms with Gasteiger partial charge in [-0.3, -0.25) is 4.79 Å². The number of hydrogen-bond acceptors (Lipinski definition) is 2. The molecule has 0 bridgehead atoms. The molecule has 112 valence electrons. The molecule has 3 nitrogen and oxygen atoms in total. The van der Waals surface area contributed by atoms with Gasteiger partial charge in [0.05, 0.1) is 6.54 Å². The lowest BCUT2D eigenvalue weighted by molar-refractivity contribution is 0.0933. The van der Waals surface area contributed by atoms with E-state index in [2.05, 4.69) is 24.1 Å². The van der Waals surface area contributed by atoms with Gasteiger partial charge >= 0.3 is 0 Å². The van der Waals surface area contributed by atoms with Crippen molar-refractivity contribution in [3.63, 3.8) is 0 Å². The minimum atomic E-state index is 0.0212. The van der Waals surface area contributed by atoms with Crippen LogP contribution in [-0.4, -0.2) is 18.5 Å². The van der Waals surface area contributed by atoms with Crippen molar-refractivity contribution in [2.24, 2.45) is 11.7 Å². The molecule has 1 amide bonds. The zero-order valence-corrected chi connectivity index (χ0v) is 12.7. The Labute approximate surface area is 127 Å². The van der Waals surface area contributed by atoms with Gasteiger partial charge in [0.1, 0.15) is 0 Å². The Bertz CT molecular complexity index is 524. The highest BCUT2D eigenvalue weighted by molar-refractivity contribution is 5.94. The van der Waals surface area contributed by atoms with Gasteiger partial charge in [-0.05, 0) is 49.4 Å². The molecule has 1 saturated carbocycles. The monoisotopic (exact) mass is 284 g/mol. The number of hydrogen-bond donors (Lipinski definition) is 2. The minimum Gasteiger partial charge on any atom is -0.349 e. The highest BCUT2D eigenvalue weighted by atomic mass is 16.1. The van der Waals surface area contributed by atoms with E-state index in [1.807, 2.05) is 24.3 Å². The lowest BCUT2D eigenvalue weighted by Gasteiger charge is -2.16. The van der Waals surface area contributed by atoms with Crippen molar-refractivity contribution in [2.75, 3.05) is 6.54 Å². The first-order valence-electron chi connectivity index (χ1n) is 7.79. The van der Waals surface area contributed by atoms with E-state index < -0.39 is 0 Å². The summed E-state index contributed by atoms with van der Waals surface area (Å²) in [6.07, 6.45) is 5.88. The third kappa shape index (κ3) is 4.91. The highest BCUT2D eigenvalue weighted by Crippen LogP contribution is 2.22. The summed E-state index contributed by atoms with van der Waals surface area (Å²) in [5.41, 5.74) is 6.93. The molecule has 1 aromatic rings. The largest absolute Gasteiger partial charge is 0.349 e. The van der Waals surface area contributed by atoms with Crippen LogP contribution in [0.3, 0.4) is 0 Å². The van der Waals surface area contributed by atoms with Gasteiger partial charge < -0.3 is 11.1 Å². The van der Waals surface area contributed by atoms with Crippen molar-refractivity contribution in [1.82, 2.24) is 5.32 Å². The molecule has 0 saturated heterocycles. The molecule has 1 fully saturated rings. The average molecular weight is 284 g/mol. The Morgan fingerprint density at radius 3 is 2.71 bits per heavy atom. The van der Waals surface area contributed by atoms with Crippen LogP contribution in [0.5, 0.6) is 0 Å². The molecule has 0 aromatic heterocycles. The van der Waals surface area contributed by atoms with E-state index >= 15 is 0 Å². The van der Waals surface area contributed by atoms with E-state index in [4.69, 9.17) is 5.73 Å². The summed E-state index contributed by atoms with van der Waals surface area (Å²) in [5.74, 6) is 6.57. The zero-order chi connectivity index (χ0) is 15.1. The maximum atomic E-state index is 12.3. The molecule has 2 atom stereocenters. The molecule has 1 aliphatic carbocycles. The fourth-order valence-electron chi connectivity index (χ4n) is 2.76. The molecule has 2 unspecified atom stereocenters. The maximum absolute atomic E-state index is 12.3. The Kier molecular flexibility index (Phi) is 5.83. The van der Waals surface area contributed by atoms with Crippen molar-refractivity contribution in [1.29, 1.82) is 0 Å². The molecule has 1 aromatic carbocycles. The first kappa shape index (κ1) is 15.6. The number of nitrogens with one attached hydrogen (secondary N) is 1. The van der Waals surface area contributed by atoms with Crippen molar-refractivity contribution >= 4 is 5.91 Å². The molecule has 21 heavy (non-hydrogen) atoms. The van der Waals surface area contributed by atoms with Gasteiger partial charge in [-0.2, -0.15) is 0 Å². The van der Waals surface area contributed by atoms with Crippen molar-refractivity contribution in [3.05, 3.63) is 35.4 Å². The van der Waals surface area contributed by atoms with Crippen LogP contribution >= 0.6 is 0 Å². The predicted octanol–water partition coefficient (Wildman–Crippen LogP) is 2.70. The van der Waals surface area contributed by atoms with Gasteiger partial charge in [0.15, 0.2) is 0 Å². The van der Waals surface area contributed by atoms with Crippen molar-refractivity contribution in [3.8, 4) is 11.8 Å². The highest BCUT2D eigenvalue weighted by Gasteiger charge is 2.18. The van der Waals surface area contributed by atoms with Gasteiger partial charge in [-0.1, -0.05) is 31.6 Å². The maximum Gasteiger partial charge on any atom is 0.251 e. The molecule has 1 aliphatic rings. The Balaban J connectivity index is 1.93. The predicted molar refractivity (Wildman–Crippen MR) is 85.9 cm³/mol. The molecular formula is C18H24N2O. The fourth-order valence-corrected chi connectivity index (χ4v) is 2.76. The van der Waals surface area contributed by atoms with Crippen LogP contribution in [0.1, 0.15) is 54.9 Å². The van der Waals surface area contributed by atoms with Crippen LogP contribution < -0.4 is 11.1 Å². The van der Waals surface area contributed by atoms with Crippen LogP contribution in [0.2, 0.25) is 0 Å². The molecule has 0 spiro atoms. The molecule has 2 rings (SSSR count). The second kappa shape index (κ2) is 7.85. The zero-order valence-electron chi connectivity index (χ0n) is 12.7. The van der Waals surface area contributed by atoms with Crippen LogP contribution in [0.15, 0.2) is 24.3 Å². The van der Waals surface area contributed by atoms with Crippen LogP contribution in [0, 0.1) is 17.8 Å². The Hall–Kier alpha value is -1.79. The van der Waals surface area contributed by atoms with E-state index in [9.17, 15) is 4.79 Å². The molecule has 3 heteroatoms. The molecule has 0 heterocycles. The Morgan fingerprint density at radius 1 is 1.24 bits per heavy atom. The molecule has 0 radical (unpaired) electrons. The molecule has 0 aliphatic heterocycles. The molecule has 3 N–H and O–H groups in total. The standard InChI is InChI=1S/C18H24N2O/c1-14-4-2-6-17(12-7-14)20-18(21)16-10-8-15(9-11-16)5-3-13-19/h8-11,14,17H,2,4,6-7,12-13,19H2,1H3,(H,20,21). The Morgan fingerprint density at radius 2 is 2.00 bits per heavy atom.